The fourth-order valence-electron chi connectivity index (χ4n) is 3.83. The van der Waals surface area contributed by atoms with Gasteiger partial charge in [0.05, 0.1) is 0 Å². The van der Waals surface area contributed by atoms with Crippen LogP contribution in [0.2, 0.25) is 0 Å². The maximum atomic E-state index is 3.81. The smallest absolute Gasteiger partial charge is 0.0449 e. The Morgan fingerprint density at radius 1 is 1.10 bits per heavy atom. The highest BCUT2D eigenvalue weighted by Crippen LogP contribution is 2.42. The number of benzene rings is 2. The van der Waals surface area contributed by atoms with Gasteiger partial charge >= 0.3 is 0 Å². The summed E-state index contributed by atoms with van der Waals surface area (Å²) in [5.74, 6) is 0.863. The summed E-state index contributed by atoms with van der Waals surface area (Å²) in [5, 5.41) is 6.54. The summed E-state index contributed by atoms with van der Waals surface area (Å²) in [7, 11) is 0. The van der Waals surface area contributed by atoms with Gasteiger partial charge in [0.15, 0.2) is 0 Å². The molecule has 0 amide bonds. The molecule has 0 bridgehead atoms. The first-order valence-electron chi connectivity index (χ1n) is 8.17. The molecule has 2 heteroatoms. The number of anilines is 1. The normalized spacial score (nSPS) is 29.8. The summed E-state index contributed by atoms with van der Waals surface area (Å²) in [5.41, 5.74) is 1.68. The number of rotatable bonds is 2. The first-order chi connectivity index (χ1) is 10.2. The van der Waals surface area contributed by atoms with E-state index in [1.165, 1.54) is 29.3 Å². The van der Waals surface area contributed by atoms with Gasteiger partial charge in [-0.2, -0.15) is 0 Å². The van der Waals surface area contributed by atoms with Gasteiger partial charge in [-0.1, -0.05) is 36.4 Å². The Kier molecular flexibility index (Phi) is 2.97. The van der Waals surface area contributed by atoms with E-state index in [1.807, 2.05) is 0 Å². The number of nitrogens with zero attached hydrogens (tertiary/aromatic N) is 1. The lowest BCUT2D eigenvalue weighted by Gasteiger charge is -2.47. The van der Waals surface area contributed by atoms with Crippen molar-refractivity contribution in [2.45, 2.75) is 38.3 Å². The largest absolute Gasteiger partial charge is 0.365 e. The van der Waals surface area contributed by atoms with E-state index in [4.69, 9.17) is 0 Å². The van der Waals surface area contributed by atoms with Crippen LogP contribution in [0.25, 0.3) is 10.8 Å². The number of hydrogen-bond donors (Lipinski definition) is 1. The standard InChI is InChI=1S/C19H24N2/c1-14-12-20-19(2,16-10-11-16)13-21(14)18-9-5-7-15-6-3-4-8-17(15)18/h3-9,14,16,20H,10-13H2,1-2H3. The molecule has 2 aromatic carbocycles. The van der Waals surface area contributed by atoms with Crippen LogP contribution in [0.1, 0.15) is 26.7 Å². The van der Waals surface area contributed by atoms with Gasteiger partial charge < -0.3 is 10.2 Å². The molecule has 4 rings (SSSR count). The van der Waals surface area contributed by atoms with Gasteiger partial charge in [-0.3, -0.25) is 0 Å². The van der Waals surface area contributed by atoms with Gasteiger partial charge in [-0.25, -0.2) is 0 Å². The minimum Gasteiger partial charge on any atom is -0.365 e. The molecule has 1 heterocycles. The Morgan fingerprint density at radius 3 is 2.67 bits per heavy atom. The Balaban J connectivity index is 1.75. The minimum atomic E-state index is 0.281. The number of hydrogen-bond acceptors (Lipinski definition) is 2. The molecule has 0 radical (unpaired) electrons. The SMILES string of the molecule is CC1CNC(C)(C2CC2)CN1c1cccc2ccccc12. The van der Waals surface area contributed by atoms with E-state index < -0.39 is 0 Å². The van der Waals surface area contributed by atoms with Crippen LogP contribution in [0.5, 0.6) is 0 Å². The predicted molar refractivity (Wildman–Crippen MR) is 89.9 cm³/mol. The molecular formula is C19H24N2. The first-order valence-corrected chi connectivity index (χ1v) is 8.17. The molecule has 2 nitrogen and oxygen atoms in total. The molecule has 1 N–H and O–H groups in total. The monoisotopic (exact) mass is 280 g/mol. The number of piperazine rings is 1. The topological polar surface area (TPSA) is 15.3 Å². The lowest BCUT2D eigenvalue weighted by molar-refractivity contribution is 0.261. The zero-order valence-electron chi connectivity index (χ0n) is 13.0. The molecule has 1 saturated heterocycles. The average Bonchev–Trinajstić information content (AvgIpc) is 3.35. The van der Waals surface area contributed by atoms with Crippen molar-refractivity contribution in [3.8, 4) is 0 Å². The van der Waals surface area contributed by atoms with E-state index in [0.29, 0.717) is 6.04 Å². The lowest BCUT2D eigenvalue weighted by Crippen LogP contribution is -2.63. The summed E-state index contributed by atoms with van der Waals surface area (Å²) in [4.78, 5) is 2.62. The first kappa shape index (κ1) is 13.1. The third-order valence-corrected chi connectivity index (χ3v) is 5.39. The molecule has 1 aliphatic heterocycles. The Bertz CT molecular complexity index is 656. The Morgan fingerprint density at radius 2 is 1.86 bits per heavy atom. The quantitative estimate of drug-likeness (QED) is 0.900. The summed E-state index contributed by atoms with van der Waals surface area (Å²) >= 11 is 0. The molecule has 2 aliphatic rings. The molecule has 1 saturated carbocycles. The van der Waals surface area contributed by atoms with E-state index in [2.05, 4.69) is 66.5 Å². The van der Waals surface area contributed by atoms with Crippen LogP contribution in [0.15, 0.2) is 42.5 Å². The van der Waals surface area contributed by atoms with E-state index in [-0.39, 0.29) is 5.54 Å². The molecule has 0 spiro atoms. The van der Waals surface area contributed by atoms with Gasteiger partial charge in [-0.05, 0) is 44.1 Å². The molecule has 0 aromatic heterocycles. The van der Waals surface area contributed by atoms with Crippen molar-refractivity contribution >= 4 is 16.5 Å². The van der Waals surface area contributed by atoms with Crippen LogP contribution < -0.4 is 10.2 Å². The second kappa shape index (κ2) is 4.74. The molecular weight excluding hydrogens is 256 g/mol. The molecule has 21 heavy (non-hydrogen) atoms. The van der Waals surface area contributed by atoms with Crippen molar-refractivity contribution in [2.24, 2.45) is 5.92 Å². The summed E-state index contributed by atoms with van der Waals surface area (Å²) in [6.45, 7) is 6.94. The fourth-order valence-corrected chi connectivity index (χ4v) is 3.83. The van der Waals surface area contributed by atoms with Gasteiger partial charge in [0, 0.05) is 35.7 Å². The van der Waals surface area contributed by atoms with Crippen molar-refractivity contribution in [2.75, 3.05) is 18.0 Å². The fraction of sp³-hybridized carbons (Fsp3) is 0.474. The zero-order chi connectivity index (χ0) is 14.4. The third kappa shape index (κ3) is 2.22. The van der Waals surface area contributed by atoms with E-state index in [0.717, 1.165) is 19.0 Å². The maximum absolute atomic E-state index is 3.81. The average molecular weight is 280 g/mol. The summed E-state index contributed by atoms with van der Waals surface area (Å²) in [6.07, 6.45) is 2.78. The van der Waals surface area contributed by atoms with Gasteiger partial charge in [-0.15, -0.1) is 0 Å². The van der Waals surface area contributed by atoms with Crippen molar-refractivity contribution in [3.05, 3.63) is 42.5 Å². The molecule has 2 unspecified atom stereocenters. The summed E-state index contributed by atoms with van der Waals surface area (Å²) in [6, 6.07) is 16.0. The van der Waals surface area contributed by atoms with Crippen molar-refractivity contribution in [1.82, 2.24) is 5.32 Å². The second-order valence-electron chi connectivity index (χ2n) is 7.05. The maximum Gasteiger partial charge on any atom is 0.0449 e. The van der Waals surface area contributed by atoms with E-state index >= 15 is 0 Å². The van der Waals surface area contributed by atoms with Gasteiger partial charge in [0.2, 0.25) is 0 Å². The van der Waals surface area contributed by atoms with E-state index in [9.17, 15) is 0 Å². The van der Waals surface area contributed by atoms with Crippen LogP contribution in [0.4, 0.5) is 5.69 Å². The van der Waals surface area contributed by atoms with Crippen molar-refractivity contribution in [3.63, 3.8) is 0 Å². The summed E-state index contributed by atoms with van der Waals surface area (Å²) < 4.78 is 0. The van der Waals surface area contributed by atoms with Crippen LogP contribution >= 0.6 is 0 Å². The Hall–Kier alpha value is -1.54. The third-order valence-electron chi connectivity index (χ3n) is 5.39. The van der Waals surface area contributed by atoms with Gasteiger partial charge in [0.1, 0.15) is 0 Å². The minimum absolute atomic E-state index is 0.281. The van der Waals surface area contributed by atoms with Crippen LogP contribution in [-0.2, 0) is 0 Å². The van der Waals surface area contributed by atoms with E-state index in [1.54, 1.807) is 0 Å². The zero-order valence-corrected chi connectivity index (χ0v) is 13.0. The number of fused-ring (bicyclic) bond motifs is 1. The van der Waals surface area contributed by atoms with Crippen molar-refractivity contribution < 1.29 is 0 Å². The van der Waals surface area contributed by atoms with Crippen molar-refractivity contribution in [1.29, 1.82) is 0 Å². The highest BCUT2D eigenvalue weighted by Gasteiger charge is 2.45. The molecule has 110 valence electrons. The van der Waals surface area contributed by atoms with Crippen LogP contribution in [0.3, 0.4) is 0 Å². The molecule has 2 atom stereocenters. The van der Waals surface area contributed by atoms with Crippen LogP contribution in [0, 0.1) is 5.92 Å². The molecule has 2 fully saturated rings. The lowest BCUT2D eigenvalue weighted by atomic mass is 9.90. The highest BCUT2D eigenvalue weighted by molar-refractivity contribution is 5.94. The number of nitrogens with one attached hydrogen (secondary N) is 1. The second-order valence-corrected chi connectivity index (χ2v) is 7.05. The highest BCUT2D eigenvalue weighted by atomic mass is 15.3. The predicted octanol–water partition coefficient (Wildman–Crippen LogP) is 3.81. The molecule has 2 aromatic rings. The molecule has 1 aliphatic carbocycles. The van der Waals surface area contributed by atoms with Gasteiger partial charge in [0.25, 0.3) is 0 Å². The Labute approximate surface area is 127 Å². The van der Waals surface area contributed by atoms with Crippen LogP contribution in [-0.4, -0.2) is 24.7 Å².